The van der Waals surface area contributed by atoms with Gasteiger partial charge in [-0.25, -0.2) is 0 Å². The SMILES string of the molecule is COc1ccc(/C=C2\C(=O)CCCC2c2ccco2)cc1. The molecular weight excluding hydrogens is 264 g/mol. The van der Waals surface area contributed by atoms with Crippen molar-refractivity contribution in [3.8, 4) is 5.75 Å². The van der Waals surface area contributed by atoms with Gasteiger partial charge in [-0.15, -0.1) is 0 Å². The highest BCUT2D eigenvalue weighted by Gasteiger charge is 2.28. The lowest BCUT2D eigenvalue weighted by Gasteiger charge is -2.22. The molecule has 0 amide bonds. The lowest BCUT2D eigenvalue weighted by Crippen LogP contribution is -2.17. The van der Waals surface area contributed by atoms with Crippen molar-refractivity contribution in [1.29, 1.82) is 0 Å². The van der Waals surface area contributed by atoms with Crippen LogP contribution in [-0.2, 0) is 4.79 Å². The Morgan fingerprint density at radius 2 is 2.05 bits per heavy atom. The van der Waals surface area contributed by atoms with Crippen molar-refractivity contribution in [2.24, 2.45) is 0 Å². The molecule has 1 heterocycles. The van der Waals surface area contributed by atoms with Crippen LogP contribution in [-0.4, -0.2) is 12.9 Å². The normalized spacial score (nSPS) is 20.7. The van der Waals surface area contributed by atoms with Crippen molar-refractivity contribution in [1.82, 2.24) is 0 Å². The predicted molar refractivity (Wildman–Crippen MR) is 81.3 cm³/mol. The Morgan fingerprint density at radius 3 is 2.71 bits per heavy atom. The van der Waals surface area contributed by atoms with Crippen molar-refractivity contribution >= 4 is 11.9 Å². The number of methoxy groups -OCH3 is 1. The van der Waals surface area contributed by atoms with Crippen LogP contribution >= 0.6 is 0 Å². The lowest BCUT2D eigenvalue weighted by atomic mass is 9.81. The third kappa shape index (κ3) is 2.92. The maximum absolute atomic E-state index is 12.3. The average Bonchev–Trinajstić information content (AvgIpc) is 3.04. The molecule has 1 aromatic heterocycles. The Bertz CT molecular complexity index is 636. The van der Waals surface area contributed by atoms with Gasteiger partial charge < -0.3 is 9.15 Å². The Balaban J connectivity index is 1.94. The summed E-state index contributed by atoms with van der Waals surface area (Å²) in [6, 6.07) is 11.6. The third-order valence-corrected chi connectivity index (χ3v) is 3.92. The molecule has 1 fully saturated rings. The molecule has 1 atom stereocenters. The number of rotatable bonds is 3. The number of benzene rings is 1. The molecule has 21 heavy (non-hydrogen) atoms. The van der Waals surface area contributed by atoms with Crippen molar-refractivity contribution < 1.29 is 13.9 Å². The summed E-state index contributed by atoms with van der Waals surface area (Å²) in [6.45, 7) is 0. The molecule has 3 heteroatoms. The molecule has 3 rings (SSSR count). The fourth-order valence-corrected chi connectivity index (χ4v) is 2.81. The van der Waals surface area contributed by atoms with E-state index in [1.165, 1.54) is 0 Å². The first-order valence-electron chi connectivity index (χ1n) is 7.20. The van der Waals surface area contributed by atoms with Gasteiger partial charge in [-0.05, 0) is 48.7 Å². The summed E-state index contributed by atoms with van der Waals surface area (Å²) >= 11 is 0. The first kappa shape index (κ1) is 13.7. The maximum Gasteiger partial charge on any atom is 0.159 e. The monoisotopic (exact) mass is 282 g/mol. The van der Waals surface area contributed by atoms with Crippen LogP contribution < -0.4 is 4.74 Å². The summed E-state index contributed by atoms with van der Waals surface area (Å²) in [5.74, 6) is 1.99. The number of allylic oxidation sites excluding steroid dienone is 1. The predicted octanol–water partition coefficient (Wildman–Crippen LogP) is 4.21. The molecular formula is C18H18O3. The molecule has 0 radical (unpaired) electrons. The van der Waals surface area contributed by atoms with Crippen LogP contribution in [0.2, 0.25) is 0 Å². The molecule has 1 aromatic carbocycles. The topological polar surface area (TPSA) is 39.4 Å². The highest BCUT2D eigenvalue weighted by molar-refractivity contribution is 6.01. The minimum Gasteiger partial charge on any atom is -0.497 e. The van der Waals surface area contributed by atoms with Crippen molar-refractivity contribution in [3.63, 3.8) is 0 Å². The van der Waals surface area contributed by atoms with Crippen LogP contribution in [0.15, 0.2) is 52.7 Å². The van der Waals surface area contributed by atoms with E-state index < -0.39 is 0 Å². The third-order valence-electron chi connectivity index (χ3n) is 3.92. The van der Waals surface area contributed by atoms with E-state index in [4.69, 9.17) is 9.15 Å². The average molecular weight is 282 g/mol. The van der Waals surface area contributed by atoms with E-state index in [1.807, 2.05) is 42.5 Å². The molecule has 3 nitrogen and oxygen atoms in total. The highest BCUT2D eigenvalue weighted by Crippen LogP contribution is 2.36. The molecule has 2 aromatic rings. The van der Waals surface area contributed by atoms with Gasteiger partial charge >= 0.3 is 0 Å². The van der Waals surface area contributed by atoms with Gasteiger partial charge in [-0.2, -0.15) is 0 Å². The van der Waals surface area contributed by atoms with Gasteiger partial charge in [-0.1, -0.05) is 12.1 Å². The second-order valence-electron chi connectivity index (χ2n) is 5.26. The Labute approximate surface area is 124 Å². The number of Topliss-reactive ketones (excluding diaryl/α,β-unsaturated/α-hetero) is 1. The second-order valence-corrected chi connectivity index (χ2v) is 5.26. The minimum atomic E-state index is 0.0725. The Morgan fingerprint density at radius 1 is 1.24 bits per heavy atom. The van der Waals surface area contributed by atoms with Gasteiger partial charge in [0.05, 0.1) is 13.4 Å². The lowest BCUT2D eigenvalue weighted by molar-refractivity contribution is -0.116. The van der Waals surface area contributed by atoms with E-state index >= 15 is 0 Å². The van der Waals surface area contributed by atoms with E-state index in [0.717, 1.165) is 35.5 Å². The number of ketones is 1. The van der Waals surface area contributed by atoms with Gasteiger partial charge in [-0.3, -0.25) is 4.79 Å². The summed E-state index contributed by atoms with van der Waals surface area (Å²) < 4.78 is 10.7. The first-order valence-corrected chi connectivity index (χ1v) is 7.20. The fraction of sp³-hybridized carbons (Fsp3) is 0.278. The van der Waals surface area contributed by atoms with Gasteiger partial charge in [0.2, 0.25) is 0 Å². The largest absolute Gasteiger partial charge is 0.497 e. The number of furan rings is 1. The number of ether oxygens (including phenoxy) is 1. The molecule has 1 saturated carbocycles. The van der Waals surface area contributed by atoms with Gasteiger partial charge in [0.15, 0.2) is 5.78 Å². The van der Waals surface area contributed by atoms with E-state index in [-0.39, 0.29) is 11.7 Å². The quantitative estimate of drug-likeness (QED) is 0.792. The van der Waals surface area contributed by atoms with Crippen LogP contribution in [0, 0.1) is 0 Å². The summed E-state index contributed by atoms with van der Waals surface area (Å²) in [6.07, 6.45) is 6.15. The summed E-state index contributed by atoms with van der Waals surface area (Å²) in [7, 11) is 1.64. The van der Waals surface area contributed by atoms with Crippen molar-refractivity contribution in [2.75, 3.05) is 7.11 Å². The van der Waals surface area contributed by atoms with Crippen molar-refractivity contribution in [2.45, 2.75) is 25.2 Å². The maximum atomic E-state index is 12.3. The van der Waals surface area contributed by atoms with Crippen LogP contribution in [0.5, 0.6) is 5.75 Å². The van der Waals surface area contributed by atoms with E-state index in [2.05, 4.69) is 0 Å². The molecule has 0 N–H and O–H groups in total. The zero-order valence-electron chi connectivity index (χ0n) is 12.0. The smallest absolute Gasteiger partial charge is 0.159 e. The molecule has 1 unspecified atom stereocenters. The van der Waals surface area contributed by atoms with Crippen LogP contribution in [0.3, 0.4) is 0 Å². The van der Waals surface area contributed by atoms with E-state index in [1.54, 1.807) is 13.4 Å². The number of hydrogen-bond donors (Lipinski definition) is 0. The molecule has 0 aliphatic heterocycles. The van der Waals surface area contributed by atoms with Gasteiger partial charge in [0.25, 0.3) is 0 Å². The van der Waals surface area contributed by atoms with Crippen LogP contribution in [0.4, 0.5) is 0 Å². The molecule has 1 aliphatic carbocycles. The highest BCUT2D eigenvalue weighted by atomic mass is 16.5. The standard InChI is InChI=1S/C18H18O3/c1-20-14-9-7-13(8-10-14)12-16-15(4-2-5-17(16)19)18-6-3-11-21-18/h3,6-12,15H,2,4-5H2,1H3/b16-12-. The fourth-order valence-electron chi connectivity index (χ4n) is 2.81. The number of carbonyl (C=O) groups excluding carboxylic acids is 1. The summed E-state index contributed by atoms with van der Waals surface area (Å²) in [4.78, 5) is 12.3. The zero-order valence-corrected chi connectivity index (χ0v) is 12.0. The molecule has 0 saturated heterocycles. The minimum absolute atomic E-state index is 0.0725. The van der Waals surface area contributed by atoms with Crippen molar-refractivity contribution in [3.05, 3.63) is 59.6 Å². The van der Waals surface area contributed by atoms with Crippen LogP contribution in [0.25, 0.3) is 6.08 Å². The zero-order chi connectivity index (χ0) is 14.7. The molecule has 0 bridgehead atoms. The number of carbonyl (C=O) groups is 1. The second kappa shape index (κ2) is 6.00. The number of hydrogen-bond acceptors (Lipinski definition) is 3. The first-order chi connectivity index (χ1) is 10.3. The van der Waals surface area contributed by atoms with Crippen LogP contribution in [0.1, 0.15) is 36.5 Å². The molecule has 1 aliphatic rings. The summed E-state index contributed by atoms with van der Waals surface area (Å²) in [5.41, 5.74) is 1.86. The van der Waals surface area contributed by atoms with E-state index in [9.17, 15) is 4.79 Å². The summed E-state index contributed by atoms with van der Waals surface area (Å²) in [5, 5.41) is 0. The van der Waals surface area contributed by atoms with E-state index in [0.29, 0.717) is 6.42 Å². The Kier molecular flexibility index (Phi) is 3.91. The van der Waals surface area contributed by atoms with Gasteiger partial charge in [0, 0.05) is 17.9 Å². The molecule has 0 spiro atoms. The Hall–Kier alpha value is -2.29. The van der Waals surface area contributed by atoms with Gasteiger partial charge in [0.1, 0.15) is 11.5 Å². The molecule has 108 valence electrons.